The fourth-order valence-corrected chi connectivity index (χ4v) is 2.53. The number of nitrogens with zero attached hydrogens (tertiary/aromatic N) is 1. The molecular formula is C15H19N3O. The predicted molar refractivity (Wildman–Crippen MR) is 78.0 cm³/mol. The number of benzene rings is 1. The van der Waals surface area contributed by atoms with Gasteiger partial charge in [-0.25, -0.2) is 0 Å². The lowest BCUT2D eigenvalue weighted by atomic mass is 10.0. The topological polar surface area (TPSA) is 71.2 Å². The van der Waals surface area contributed by atoms with E-state index in [0.29, 0.717) is 5.41 Å². The maximum atomic E-state index is 9.09. The molecule has 1 aliphatic rings. The Morgan fingerprint density at radius 3 is 2.89 bits per heavy atom. The Morgan fingerprint density at radius 1 is 1.32 bits per heavy atom. The van der Waals surface area contributed by atoms with Gasteiger partial charge in [-0.1, -0.05) is 0 Å². The summed E-state index contributed by atoms with van der Waals surface area (Å²) < 4.78 is 0. The van der Waals surface area contributed by atoms with E-state index in [-0.39, 0.29) is 6.61 Å². The van der Waals surface area contributed by atoms with E-state index >= 15 is 0 Å². The molecule has 0 saturated heterocycles. The third-order valence-electron chi connectivity index (χ3n) is 4.02. The van der Waals surface area contributed by atoms with Crippen molar-refractivity contribution in [3.63, 3.8) is 0 Å². The van der Waals surface area contributed by atoms with Crippen LogP contribution in [-0.4, -0.2) is 23.2 Å². The van der Waals surface area contributed by atoms with Gasteiger partial charge in [-0.15, -0.1) is 0 Å². The van der Waals surface area contributed by atoms with Gasteiger partial charge in [0.25, 0.3) is 0 Å². The highest BCUT2D eigenvalue weighted by atomic mass is 16.3. The number of pyridine rings is 1. The van der Waals surface area contributed by atoms with E-state index in [1.807, 2.05) is 24.3 Å². The lowest BCUT2D eigenvalue weighted by Crippen LogP contribution is -2.16. The zero-order valence-electron chi connectivity index (χ0n) is 10.9. The monoisotopic (exact) mass is 257 g/mol. The maximum Gasteiger partial charge on any atom is 0.0743 e. The van der Waals surface area contributed by atoms with Crippen molar-refractivity contribution in [2.24, 2.45) is 5.41 Å². The zero-order chi connectivity index (χ0) is 13.3. The molecule has 1 saturated carbocycles. The molecule has 1 fully saturated rings. The summed E-state index contributed by atoms with van der Waals surface area (Å²) >= 11 is 0. The summed E-state index contributed by atoms with van der Waals surface area (Å²) in [5.41, 5.74) is 8.82. The smallest absolute Gasteiger partial charge is 0.0743 e. The molecule has 4 N–H and O–H groups in total. The highest BCUT2D eigenvalue weighted by Gasteiger charge is 2.41. The van der Waals surface area contributed by atoms with Crippen LogP contribution in [0.25, 0.3) is 10.9 Å². The van der Waals surface area contributed by atoms with Gasteiger partial charge in [-0.3, -0.25) is 4.98 Å². The number of fused-ring (bicyclic) bond motifs is 1. The molecule has 1 heterocycles. The van der Waals surface area contributed by atoms with E-state index in [2.05, 4.69) is 10.3 Å². The Kier molecular flexibility index (Phi) is 3.03. The summed E-state index contributed by atoms with van der Waals surface area (Å²) in [7, 11) is 0. The summed E-state index contributed by atoms with van der Waals surface area (Å²) in [5.74, 6) is 0. The van der Waals surface area contributed by atoms with Crippen molar-refractivity contribution in [2.75, 3.05) is 24.2 Å². The normalized spacial score (nSPS) is 16.5. The average molecular weight is 257 g/mol. The number of rotatable bonds is 5. The molecule has 0 radical (unpaired) electrons. The molecule has 0 bridgehead atoms. The van der Waals surface area contributed by atoms with Crippen LogP contribution in [0.1, 0.15) is 19.3 Å². The number of hydrogen-bond acceptors (Lipinski definition) is 4. The summed E-state index contributed by atoms with van der Waals surface area (Å²) in [4.78, 5) is 4.34. The van der Waals surface area contributed by atoms with E-state index in [1.54, 1.807) is 6.20 Å². The molecule has 1 aliphatic carbocycles. The second-order valence-corrected chi connectivity index (χ2v) is 5.46. The Labute approximate surface area is 112 Å². The van der Waals surface area contributed by atoms with E-state index < -0.39 is 0 Å². The van der Waals surface area contributed by atoms with Crippen LogP contribution in [0.2, 0.25) is 0 Å². The van der Waals surface area contributed by atoms with Crippen LogP contribution < -0.4 is 11.1 Å². The van der Waals surface area contributed by atoms with Crippen molar-refractivity contribution in [3.8, 4) is 0 Å². The van der Waals surface area contributed by atoms with Gasteiger partial charge in [0, 0.05) is 36.1 Å². The summed E-state index contributed by atoms with van der Waals surface area (Å²) in [6, 6.07) is 7.79. The number of nitrogens with one attached hydrogen (secondary N) is 1. The van der Waals surface area contributed by atoms with Gasteiger partial charge in [0.05, 0.1) is 5.52 Å². The lowest BCUT2D eigenvalue weighted by Gasteiger charge is -2.16. The van der Waals surface area contributed by atoms with E-state index in [9.17, 15) is 0 Å². The van der Waals surface area contributed by atoms with Crippen molar-refractivity contribution in [2.45, 2.75) is 19.3 Å². The second-order valence-electron chi connectivity index (χ2n) is 5.46. The van der Waals surface area contributed by atoms with Gasteiger partial charge < -0.3 is 16.2 Å². The minimum Gasteiger partial charge on any atom is -0.399 e. The van der Waals surface area contributed by atoms with Crippen LogP contribution >= 0.6 is 0 Å². The van der Waals surface area contributed by atoms with Crippen LogP contribution in [0.5, 0.6) is 0 Å². The Balaban J connectivity index is 1.81. The van der Waals surface area contributed by atoms with Crippen molar-refractivity contribution >= 4 is 22.3 Å². The van der Waals surface area contributed by atoms with Crippen LogP contribution in [-0.2, 0) is 0 Å². The molecule has 0 unspecified atom stereocenters. The number of nitrogens with two attached hydrogens (primary N) is 1. The maximum absolute atomic E-state index is 9.09. The fourth-order valence-electron chi connectivity index (χ4n) is 2.53. The molecule has 0 spiro atoms. The number of nitrogen functional groups attached to an aromatic ring is 1. The number of aliphatic hydroxyl groups excluding tert-OH is 1. The van der Waals surface area contributed by atoms with Crippen LogP contribution in [0, 0.1) is 5.41 Å². The molecule has 1 aromatic heterocycles. The summed E-state index contributed by atoms with van der Waals surface area (Å²) in [6.45, 7) is 1.19. The molecule has 1 aromatic carbocycles. The molecule has 100 valence electrons. The highest BCUT2D eigenvalue weighted by molar-refractivity contribution is 5.92. The van der Waals surface area contributed by atoms with E-state index in [4.69, 9.17) is 10.8 Å². The summed E-state index contributed by atoms with van der Waals surface area (Å²) in [6.07, 6.45) is 5.10. The molecule has 0 amide bonds. The van der Waals surface area contributed by atoms with Gasteiger partial charge in [0.1, 0.15) is 0 Å². The molecule has 4 heteroatoms. The second kappa shape index (κ2) is 4.70. The molecule has 0 aliphatic heterocycles. The minimum absolute atomic E-state index is 0.273. The average Bonchev–Trinajstić information content (AvgIpc) is 3.16. The first-order valence-electron chi connectivity index (χ1n) is 6.71. The fraction of sp³-hybridized carbons (Fsp3) is 0.400. The van der Waals surface area contributed by atoms with E-state index in [1.165, 1.54) is 12.8 Å². The molecular weight excluding hydrogens is 238 g/mol. The largest absolute Gasteiger partial charge is 0.399 e. The van der Waals surface area contributed by atoms with Gasteiger partial charge >= 0.3 is 0 Å². The standard InChI is InChI=1S/C15H19N3O/c16-11-1-2-12-13(3-7-17-14(12)9-11)18-10-15(4-5-15)6-8-19/h1-3,7,9,19H,4-6,8,10,16H2,(H,17,18). The number of hydrogen-bond donors (Lipinski definition) is 3. The Morgan fingerprint density at radius 2 is 2.16 bits per heavy atom. The number of aliphatic hydroxyl groups is 1. The molecule has 2 aromatic rings. The number of anilines is 2. The van der Waals surface area contributed by atoms with Crippen LogP contribution in [0.3, 0.4) is 0 Å². The zero-order valence-corrected chi connectivity index (χ0v) is 10.9. The van der Waals surface area contributed by atoms with Crippen LogP contribution in [0.4, 0.5) is 11.4 Å². The summed E-state index contributed by atoms with van der Waals surface area (Å²) in [5, 5.41) is 13.7. The first-order valence-corrected chi connectivity index (χ1v) is 6.71. The van der Waals surface area contributed by atoms with Crippen molar-refractivity contribution in [1.29, 1.82) is 0 Å². The van der Waals surface area contributed by atoms with Crippen molar-refractivity contribution in [1.82, 2.24) is 4.98 Å². The first-order chi connectivity index (χ1) is 9.22. The molecule has 4 nitrogen and oxygen atoms in total. The quantitative estimate of drug-likeness (QED) is 0.719. The van der Waals surface area contributed by atoms with Crippen molar-refractivity contribution in [3.05, 3.63) is 30.5 Å². The third-order valence-corrected chi connectivity index (χ3v) is 4.02. The predicted octanol–water partition coefficient (Wildman–Crippen LogP) is 2.39. The lowest BCUT2D eigenvalue weighted by molar-refractivity contribution is 0.253. The SMILES string of the molecule is Nc1ccc2c(NCC3(CCO)CC3)ccnc2c1. The minimum atomic E-state index is 0.273. The van der Waals surface area contributed by atoms with Crippen LogP contribution in [0.15, 0.2) is 30.5 Å². The van der Waals surface area contributed by atoms with Crippen molar-refractivity contribution < 1.29 is 5.11 Å². The van der Waals surface area contributed by atoms with Gasteiger partial charge in [-0.2, -0.15) is 0 Å². The highest BCUT2D eigenvalue weighted by Crippen LogP contribution is 2.48. The first kappa shape index (κ1) is 12.2. The molecule has 0 atom stereocenters. The Bertz CT molecular complexity index is 593. The molecule has 19 heavy (non-hydrogen) atoms. The van der Waals surface area contributed by atoms with Gasteiger partial charge in [0.15, 0.2) is 0 Å². The van der Waals surface area contributed by atoms with E-state index in [0.717, 1.165) is 35.2 Å². The third kappa shape index (κ3) is 2.49. The van der Waals surface area contributed by atoms with Gasteiger partial charge in [0.2, 0.25) is 0 Å². The molecule has 3 rings (SSSR count). The van der Waals surface area contributed by atoms with Gasteiger partial charge in [-0.05, 0) is 48.9 Å². The number of aromatic nitrogens is 1. The Hall–Kier alpha value is -1.81.